The van der Waals surface area contributed by atoms with E-state index in [0.29, 0.717) is 24.7 Å². The van der Waals surface area contributed by atoms with Crippen molar-refractivity contribution in [1.29, 1.82) is 0 Å². The van der Waals surface area contributed by atoms with Crippen LogP contribution in [0.5, 0.6) is 0 Å². The van der Waals surface area contributed by atoms with Crippen LogP contribution in [0.3, 0.4) is 0 Å². The third-order valence-corrected chi connectivity index (χ3v) is 13.3. The summed E-state index contributed by atoms with van der Waals surface area (Å²) in [6.45, 7) is 4.50. The van der Waals surface area contributed by atoms with Gasteiger partial charge in [-0.05, 0) is 54.5 Å². The number of hydrogen-bond acceptors (Lipinski definition) is 7. The minimum Gasteiger partial charge on any atom is -0.376 e. The SMILES string of the molecule is CC(C)CS(=O)(=O)N(C[C@H]1CN(S(=O)(=O)C2CC=CS2)CCN1c1ccc([C@@](C)(O)C(F)(F)F)cc1)c1ccccc1. The normalized spacial score (nSPS) is 22.0. The molecule has 2 aliphatic heterocycles. The Labute approximate surface area is 250 Å². The number of sulfonamides is 2. The van der Waals surface area contributed by atoms with Crippen molar-refractivity contribution in [3.8, 4) is 0 Å². The molecule has 14 heteroatoms. The largest absolute Gasteiger partial charge is 0.421 e. The number of aliphatic hydroxyl groups is 1. The molecule has 0 bridgehead atoms. The number of nitrogens with zero attached hydrogens (tertiary/aromatic N) is 3. The van der Waals surface area contributed by atoms with Gasteiger partial charge in [0.2, 0.25) is 20.0 Å². The van der Waals surface area contributed by atoms with Crippen LogP contribution >= 0.6 is 11.8 Å². The van der Waals surface area contributed by atoms with Crippen LogP contribution in [-0.4, -0.2) is 75.0 Å². The van der Waals surface area contributed by atoms with E-state index < -0.39 is 42.4 Å². The third kappa shape index (κ3) is 6.93. The van der Waals surface area contributed by atoms with Gasteiger partial charge < -0.3 is 10.0 Å². The summed E-state index contributed by atoms with van der Waals surface area (Å²) in [5.41, 5.74) is -2.47. The van der Waals surface area contributed by atoms with Crippen molar-refractivity contribution in [2.24, 2.45) is 5.92 Å². The standard InChI is InChI=1S/C28H36F3N3O5S3/c1-21(2)20-41(36,37)34(24-8-5-4-6-9-24)19-25-18-32(42(38,39)26-10-7-17-40-26)15-16-33(25)23-13-11-22(12-14-23)27(3,35)28(29,30)31/h4-9,11-14,17,21,25-26,35H,10,15-16,18-20H2,1-3H3/t25-,26?,27-/m1/s1. The molecule has 2 aromatic rings. The van der Waals surface area contributed by atoms with Crippen LogP contribution in [0.25, 0.3) is 0 Å². The minimum absolute atomic E-state index is 0.0120. The van der Waals surface area contributed by atoms with E-state index in [-0.39, 0.29) is 43.4 Å². The van der Waals surface area contributed by atoms with E-state index in [2.05, 4.69) is 0 Å². The molecule has 0 spiro atoms. The van der Waals surface area contributed by atoms with Crippen LogP contribution < -0.4 is 9.21 Å². The van der Waals surface area contributed by atoms with E-state index in [9.17, 15) is 35.1 Å². The maximum Gasteiger partial charge on any atom is 0.421 e. The molecule has 1 unspecified atom stereocenters. The van der Waals surface area contributed by atoms with Gasteiger partial charge in [-0.15, -0.1) is 11.8 Å². The molecule has 2 heterocycles. The average Bonchev–Trinajstić information content (AvgIpc) is 3.47. The highest BCUT2D eigenvalue weighted by molar-refractivity contribution is 8.14. The lowest BCUT2D eigenvalue weighted by Crippen LogP contribution is -2.60. The number of thioether (sulfide) groups is 1. The molecule has 0 aliphatic carbocycles. The Morgan fingerprint density at radius 3 is 2.21 bits per heavy atom. The first-order chi connectivity index (χ1) is 19.5. The first-order valence-electron chi connectivity index (χ1n) is 13.5. The molecule has 4 rings (SSSR count). The average molecular weight is 648 g/mol. The maximum atomic E-state index is 13.6. The molecular weight excluding hydrogens is 612 g/mol. The van der Waals surface area contributed by atoms with Crippen LogP contribution in [0.4, 0.5) is 24.5 Å². The minimum atomic E-state index is -4.88. The van der Waals surface area contributed by atoms with E-state index in [1.165, 1.54) is 44.6 Å². The Hall–Kier alpha value is -2.26. The second kappa shape index (κ2) is 12.4. The Kier molecular flexibility index (Phi) is 9.63. The molecule has 42 heavy (non-hydrogen) atoms. The predicted molar refractivity (Wildman–Crippen MR) is 161 cm³/mol. The molecule has 2 aliphatic rings. The number of anilines is 2. The van der Waals surface area contributed by atoms with Gasteiger partial charge in [-0.1, -0.05) is 50.3 Å². The summed E-state index contributed by atoms with van der Waals surface area (Å²) in [5.74, 6) is -0.288. The van der Waals surface area contributed by atoms with E-state index in [1.807, 2.05) is 4.90 Å². The van der Waals surface area contributed by atoms with Crippen LogP contribution in [0, 0.1) is 5.92 Å². The highest BCUT2D eigenvalue weighted by atomic mass is 32.3. The van der Waals surface area contributed by atoms with Crippen LogP contribution in [-0.2, 0) is 25.6 Å². The predicted octanol–water partition coefficient (Wildman–Crippen LogP) is 4.75. The second-order valence-electron chi connectivity index (χ2n) is 11.1. The number of para-hydroxylation sites is 1. The van der Waals surface area contributed by atoms with Crippen molar-refractivity contribution in [1.82, 2.24) is 4.31 Å². The fraction of sp³-hybridized carbons (Fsp3) is 0.500. The molecule has 0 saturated carbocycles. The first kappa shape index (κ1) is 32.6. The van der Waals surface area contributed by atoms with Crippen molar-refractivity contribution >= 4 is 43.2 Å². The van der Waals surface area contributed by atoms with E-state index >= 15 is 0 Å². The highest BCUT2D eigenvalue weighted by Crippen LogP contribution is 2.39. The van der Waals surface area contributed by atoms with Crippen LogP contribution in [0.1, 0.15) is 32.8 Å². The molecule has 1 fully saturated rings. The van der Waals surface area contributed by atoms with Gasteiger partial charge in [-0.25, -0.2) is 16.8 Å². The number of hydrogen-bond donors (Lipinski definition) is 1. The molecular formula is C28H36F3N3O5S3. The summed E-state index contributed by atoms with van der Waals surface area (Å²) in [6, 6.07) is 13.2. The number of rotatable bonds is 10. The number of allylic oxidation sites excluding steroid dienone is 1. The molecule has 2 aromatic carbocycles. The highest BCUT2D eigenvalue weighted by Gasteiger charge is 2.51. The lowest BCUT2D eigenvalue weighted by molar-refractivity contribution is -0.258. The molecule has 0 aromatic heterocycles. The monoisotopic (exact) mass is 647 g/mol. The summed E-state index contributed by atoms with van der Waals surface area (Å²) in [6.07, 6.45) is -2.71. The number of benzene rings is 2. The van der Waals surface area contributed by atoms with Crippen molar-refractivity contribution in [2.75, 3.05) is 41.1 Å². The molecule has 8 nitrogen and oxygen atoms in total. The maximum absolute atomic E-state index is 13.6. The summed E-state index contributed by atoms with van der Waals surface area (Å²) >= 11 is 1.22. The van der Waals surface area contributed by atoms with Gasteiger partial charge in [0.15, 0.2) is 5.60 Å². The zero-order valence-corrected chi connectivity index (χ0v) is 26.1. The van der Waals surface area contributed by atoms with Crippen molar-refractivity contribution in [3.63, 3.8) is 0 Å². The third-order valence-electron chi connectivity index (χ3n) is 7.41. The lowest BCUT2D eigenvalue weighted by atomic mass is 9.95. The van der Waals surface area contributed by atoms with Crippen molar-refractivity contribution in [2.45, 2.75) is 49.6 Å². The number of alkyl halides is 3. The summed E-state index contributed by atoms with van der Waals surface area (Å²) in [7, 11) is -7.54. The van der Waals surface area contributed by atoms with Crippen LogP contribution in [0.2, 0.25) is 0 Å². The van der Waals surface area contributed by atoms with Gasteiger partial charge in [-0.2, -0.15) is 17.5 Å². The first-order valence-corrected chi connectivity index (χ1v) is 17.6. The van der Waals surface area contributed by atoms with Gasteiger partial charge in [0, 0.05) is 25.3 Å². The molecule has 1 saturated heterocycles. The van der Waals surface area contributed by atoms with E-state index in [0.717, 1.165) is 0 Å². The fourth-order valence-corrected chi connectivity index (χ4v) is 10.1. The Balaban J connectivity index is 1.72. The summed E-state index contributed by atoms with van der Waals surface area (Å²) < 4.78 is 96.6. The van der Waals surface area contributed by atoms with Gasteiger partial charge in [0.25, 0.3) is 0 Å². The van der Waals surface area contributed by atoms with Crippen molar-refractivity contribution in [3.05, 3.63) is 71.6 Å². The topological polar surface area (TPSA) is 98.2 Å². The van der Waals surface area contributed by atoms with E-state index in [4.69, 9.17) is 0 Å². The number of piperazine rings is 1. The Bertz CT molecular complexity index is 1460. The molecule has 0 amide bonds. The smallest absolute Gasteiger partial charge is 0.376 e. The quantitative estimate of drug-likeness (QED) is 0.398. The van der Waals surface area contributed by atoms with Gasteiger partial charge in [0.1, 0.15) is 4.58 Å². The molecule has 0 radical (unpaired) electrons. The summed E-state index contributed by atoms with van der Waals surface area (Å²) in [5, 5.41) is 11.9. The van der Waals surface area contributed by atoms with Gasteiger partial charge in [0.05, 0.1) is 24.0 Å². The Morgan fingerprint density at radius 2 is 1.67 bits per heavy atom. The molecule has 1 N–H and O–H groups in total. The molecule has 3 atom stereocenters. The van der Waals surface area contributed by atoms with Crippen molar-refractivity contribution < 1.29 is 35.1 Å². The fourth-order valence-electron chi connectivity index (χ4n) is 5.10. The van der Waals surface area contributed by atoms with Crippen LogP contribution in [0.15, 0.2) is 66.1 Å². The Morgan fingerprint density at radius 1 is 1.02 bits per heavy atom. The molecule has 232 valence electrons. The van der Waals surface area contributed by atoms with Gasteiger partial charge >= 0.3 is 6.18 Å². The van der Waals surface area contributed by atoms with Gasteiger partial charge in [-0.3, -0.25) is 4.31 Å². The zero-order chi connectivity index (χ0) is 30.9. The summed E-state index contributed by atoms with van der Waals surface area (Å²) in [4.78, 5) is 1.83. The van der Waals surface area contributed by atoms with E-state index in [1.54, 1.807) is 55.7 Å². The lowest BCUT2D eigenvalue weighted by Gasteiger charge is -2.44. The second-order valence-corrected chi connectivity index (χ2v) is 16.5. The zero-order valence-electron chi connectivity index (χ0n) is 23.6. The number of halogens is 3.